The molecule has 2 aromatic heterocycles. The van der Waals surface area contributed by atoms with Gasteiger partial charge in [-0.15, -0.1) is 0 Å². The number of rotatable bonds is 7. The summed E-state index contributed by atoms with van der Waals surface area (Å²) < 4.78 is 11.4. The van der Waals surface area contributed by atoms with Gasteiger partial charge in [0.25, 0.3) is 0 Å². The zero-order chi connectivity index (χ0) is 23.4. The van der Waals surface area contributed by atoms with Crippen LogP contribution in [0, 0.1) is 18.3 Å². The standard InChI is InChI=1S/C25H22ClN5O2/c1-3-32-24-12-22-18(11-21(24)28)25(19(13-27)15(2)30-22)31-16-7-8-23(20(26)10-16)33-14-17-6-4-5-9-29-17/h4-12H,3,14,28H2,1-2H3,(H,30,31). The molecule has 2 aromatic carbocycles. The second-order valence-electron chi connectivity index (χ2n) is 7.28. The molecule has 33 heavy (non-hydrogen) atoms. The van der Waals surface area contributed by atoms with Gasteiger partial charge in [-0.3, -0.25) is 9.97 Å². The van der Waals surface area contributed by atoms with Gasteiger partial charge in [-0.05, 0) is 50.2 Å². The van der Waals surface area contributed by atoms with E-state index in [-0.39, 0.29) is 0 Å². The number of anilines is 3. The van der Waals surface area contributed by atoms with Crippen LogP contribution in [0.2, 0.25) is 5.02 Å². The normalized spacial score (nSPS) is 10.6. The Morgan fingerprint density at radius 3 is 2.67 bits per heavy atom. The Hall–Kier alpha value is -4.02. The lowest BCUT2D eigenvalue weighted by molar-refractivity contribution is 0.301. The Kier molecular flexibility index (Phi) is 6.48. The summed E-state index contributed by atoms with van der Waals surface area (Å²) in [5.41, 5.74) is 10.5. The topological polar surface area (TPSA) is 106 Å². The van der Waals surface area contributed by atoms with E-state index in [4.69, 9.17) is 26.8 Å². The molecule has 0 spiro atoms. The average molecular weight is 460 g/mol. The Bertz CT molecular complexity index is 1350. The van der Waals surface area contributed by atoms with Gasteiger partial charge in [-0.25, -0.2) is 0 Å². The van der Waals surface area contributed by atoms with Crippen LogP contribution in [0.3, 0.4) is 0 Å². The van der Waals surface area contributed by atoms with Gasteiger partial charge in [0.05, 0.1) is 45.5 Å². The molecule has 0 aliphatic carbocycles. The van der Waals surface area contributed by atoms with Crippen molar-refractivity contribution in [2.24, 2.45) is 0 Å². The fourth-order valence-electron chi connectivity index (χ4n) is 3.45. The van der Waals surface area contributed by atoms with E-state index < -0.39 is 0 Å². The fourth-order valence-corrected chi connectivity index (χ4v) is 3.69. The molecule has 0 unspecified atom stereocenters. The molecular formula is C25H22ClN5O2. The van der Waals surface area contributed by atoms with Crippen LogP contribution >= 0.6 is 11.6 Å². The zero-order valence-corrected chi connectivity index (χ0v) is 19.0. The summed E-state index contributed by atoms with van der Waals surface area (Å²) in [4.78, 5) is 8.81. The Morgan fingerprint density at radius 2 is 1.97 bits per heavy atom. The van der Waals surface area contributed by atoms with Crippen molar-refractivity contribution in [2.45, 2.75) is 20.5 Å². The van der Waals surface area contributed by atoms with Gasteiger partial charge in [0.2, 0.25) is 0 Å². The molecule has 4 aromatic rings. The maximum absolute atomic E-state index is 9.78. The van der Waals surface area contributed by atoms with E-state index in [0.29, 0.717) is 69.0 Å². The van der Waals surface area contributed by atoms with Gasteiger partial charge >= 0.3 is 0 Å². The van der Waals surface area contributed by atoms with Gasteiger partial charge in [-0.1, -0.05) is 17.7 Å². The second-order valence-corrected chi connectivity index (χ2v) is 7.69. The number of fused-ring (bicyclic) bond motifs is 1. The number of pyridine rings is 2. The van der Waals surface area contributed by atoms with Gasteiger partial charge in [0, 0.05) is 23.3 Å². The number of nitriles is 1. The van der Waals surface area contributed by atoms with Crippen LogP contribution in [0.15, 0.2) is 54.7 Å². The minimum atomic E-state index is 0.307. The maximum atomic E-state index is 9.78. The SMILES string of the molecule is CCOc1cc2nc(C)c(C#N)c(Nc3ccc(OCc4ccccn4)c(Cl)c3)c2cc1N. The Labute approximate surface area is 196 Å². The molecule has 3 N–H and O–H groups in total. The van der Waals surface area contributed by atoms with Crippen LogP contribution in [-0.2, 0) is 6.61 Å². The third kappa shape index (κ3) is 4.76. The molecule has 0 aliphatic rings. The number of aryl methyl sites for hydroxylation is 1. The van der Waals surface area contributed by atoms with Gasteiger partial charge < -0.3 is 20.5 Å². The molecule has 0 amide bonds. The number of ether oxygens (including phenoxy) is 2. The fraction of sp³-hybridized carbons (Fsp3) is 0.160. The van der Waals surface area contributed by atoms with Crippen molar-refractivity contribution < 1.29 is 9.47 Å². The monoisotopic (exact) mass is 459 g/mol. The summed E-state index contributed by atoms with van der Waals surface area (Å²) in [7, 11) is 0. The molecule has 0 saturated carbocycles. The van der Waals surface area contributed by atoms with Crippen LogP contribution in [0.5, 0.6) is 11.5 Å². The highest BCUT2D eigenvalue weighted by Crippen LogP contribution is 2.37. The zero-order valence-electron chi connectivity index (χ0n) is 18.2. The summed E-state index contributed by atoms with van der Waals surface area (Å²) in [6.45, 7) is 4.48. The predicted octanol–water partition coefficient (Wildman–Crippen LogP) is 5.77. The smallest absolute Gasteiger partial charge is 0.144 e. The number of hydrogen-bond donors (Lipinski definition) is 2. The van der Waals surface area contributed by atoms with Crippen molar-refractivity contribution in [3.05, 3.63) is 76.7 Å². The Balaban J connectivity index is 1.67. The van der Waals surface area contributed by atoms with Crippen LogP contribution in [0.25, 0.3) is 10.9 Å². The van der Waals surface area contributed by atoms with Crippen molar-refractivity contribution in [2.75, 3.05) is 17.7 Å². The van der Waals surface area contributed by atoms with E-state index in [1.165, 1.54) is 0 Å². The first-order chi connectivity index (χ1) is 16.0. The summed E-state index contributed by atoms with van der Waals surface area (Å²) in [6, 6.07) is 16.8. The number of halogens is 1. The van der Waals surface area contributed by atoms with E-state index in [1.807, 2.05) is 31.2 Å². The van der Waals surface area contributed by atoms with Crippen LogP contribution in [-0.4, -0.2) is 16.6 Å². The first-order valence-corrected chi connectivity index (χ1v) is 10.7. The third-order valence-corrected chi connectivity index (χ3v) is 5.31. The molecule has 7 nitrogen and oxygen atoms in total. The molecule has 166 valence electrons. The summed E-state index contributed by atoms with van der Waals surface area (Å²) >= 11 is 6.47. The predicted molar refractivity (Wildman–Crippen MR) is 130 cm³/mol. The molecule has 2 heterocycles. The average Bonchev–Trinajstić information content (AvgIpc) is 2.80. The van der Waals surface area contributed by atoms with Crippen molar-refractivity contribution in [1.29, 1.82) is 5.26 Å². The van der Waals surface area contributed by atoms with E-state index in [9.17, 15) is 5.26 Å². The number of nitrogen functional groups attached to an aromatic ring is 1. The molecule has 0 aliphatic heterocycles. The Morgan fingerprint density at radius 1 is 1.12 bits per heavy atom. The lowest BCUT2D eigenvalue weighted by atomic mass is 10.1. The van der Waals surface area contributed by atoms with Crippen LogP contribution < -0.4 is 20.5 Å². The third-order valence-electron chi connectivity index (χ3n) is 5.01. The van der Waals surface area contributed by atoms with E-state index >= 15 is 0 Å². The van der Waals surface area contributed by atoms with Gasteiger partial charge in [-0.2, -0.15) is 5.26 Å². The van der Waals surface area contributed by atoms with Crippen LogP contribution in [0.1, 0.15) is 23.9 Å². The lowest BCUT2D eigenvalue weighted by Crippen LogP contribution is -2.03. The highest BCUT2D eigenvalue weighted by Gasteiger charge is 2.16. The number of nitrogens with one attached hydrogen (secondary N) is 1. The molecule has 0 atom stereocenters. The minimum Gasteiger partial charge on any atom is -0.492 e. The van der Waals surface area contributed by atoms with E-state index in [0.717, 1.165) is 5.69 Å². The molecule has 0 saturated heterocycles. The van der Waals surface area contributed by atoms with Crippen molar-refractivity contribution in [3.8, 4) is 17.6 Å². The first-order valence-electron chi connectivity index (χ1n) is 10.4. The van der Waals surface area contributed by atoms with Gasteiger partial charge in [0.15, 0.2) is 0 Å². The summed E-state index contributed by atoms with van der Waals surface area (Å²) in [5.74, 6) is 1.10. The van der Waals surface area contributed by atoms with Crippen molar-refractivity contribution in [1.82, 2.24) is 9.97 Å². The number of nitrogens with two attached hydrogens (primary N) is 1. The first kappa shape index (κ1) is 22.2. The molecule has 8 heteroatoms. The van der Waals surface area contributed by atoms with Crippen molar-refractivity contribution in [3.63, 3.8) is 0 Å². The van der Waals surface area contributed by atoms with E-state index in [1.54, 1.807) is 37.4 Å². The largest absolute Gasteiger partial charge is 0.492 e. The lowest BCUT2D eigenvalue weighted by Gasteiger charge is -2.16. The maximum Gasteiger partial charge on any atom is 0.144 e. The molecule has 0 radical (unpaired) electrons. The number of benzene rings is 2. The molecule has 4 rings (SSSR count). The van der Waals surface area contributed by atoms with Crippen LogP contribution in [0.4, 0.5) is 17.1 Å². The number of aromatic nitrogens is 2. The molecule has 0 bridgehead atoms. The van der Waals surface area contributed by atoms with Gasteiger partial charge in [0.1, 0.15) is 24.2 Å². The van der Waals surface area contributed by atoms with Crippen molar-refractivity contribution >= 4 is 39.6 Å². The number of nitrogens with zero attached hydrogens (tertiary/aromatic N) is 3. The summed E-state index contributed by atoms with van der Waals surface area (Å²) in [6.07, 6.45) is 1.71. The van der Waals surface area contributed by atoms with E-state index in [2.05, 4.69) is 21.4 Å². The summed E-state index contributed by atoms with van der Waals surface area (Å²) in [5, 5.41) is 14.2. The highest BCUT2D eigenvalue weighted by molar-refractivity contribution is 6.32. The minimum absolute atomic E-state index is 0.307. The second kappa shape index (κ2) is 9.63. The molecule has 0 fully saturated rings. The molecular weight excluding hydrogens is 438 g/mol. The quantitative estimate of drug-likeness (QED) is 0.338. The highest BCUT2D eigenvalue weighted by atomic mass is 35.5. The number of hydrogen-bond acceptors (Lipinski definition) is 7.